The van der Waals surface area contributed by atoms with E-state index in [0.717, 1.165) is 0 Å². The third-order valence-corrected chi connectivity index (χ3v) is 2.43. The highest BCUT2D eigenvalue weighted by Gasteiger charge is 2.12. The lowest BCUT2D eigenvalue weighted by Crippen LogP contribution is -2.13. The van der Waals surface area contributed by atoms with Crippen LogP contribution in [-0.2, 0) is 9.59 Å². The molecule has 0 heterocycles. The molecule has 1 rings (SSSR count). The summed E-state index contributed by atoms with van der Waals surface area (Å²) in [6.45, 7) is 0. The van der Waals surface area contributed by atoms with Crippen LogP contribution in [0.15, 0.2) is 18.2 Å². The molecule has 100 valence electrons. The number of carboxylic acids is 1. The van der Waals surface area contributed by atoms with E-state index in [4.69, 9.17) is 15.1 Å². The number of hydrogen-bond donors (Lipinski definition) is 2. The summed E-state index contributed by atoms with van der Waals surface area (Å²) in [4.78, 5) is 22.0. The first-order valence-corrected chi connectivity index (χ1v) is 5.67. The first-order chi connectivity index (χ1) is 9.08. The Bertz CT molecular complexity index is 520. The number of aliphatic carboxylic acids is 1. The number of ether oxygens (including phenoxy) is 1. The largest absolute Gasteiger partial charge is 0.495 e. The number of nitriles is 1. The fourth-order valence-corrected chi connectivity index (χ4v) is 1.53. The van der Waals surface area contributed by atoms with Gasteiger partial charge in [0.1, 0.15) is 17.5 Å². The first kappa shape index (κ1) is 14.5. The minimum atomic E-state index is -0.942. The van der Waals surface area contributed by atoms with Crippen molar-refractivity contribution < 1.29 is 19.4 Å². The molecule has 0 radical (unpaired) electrons. The monoisotopic (exact) mass is 262 g/mol. The minimum Gasteiger partial charge on any atom is -0.495 e. The molecular weight excluding hydrogens is 248 g/mol. The number of anilines is 1. The Morgan fingerprint density at radius 3 is 2.74 bits per heavy atom. The molecule has 1 aromatic rings. The van der Waals surface area contributed by atoms with E-state index in [9.17, 15) is 9.59 Å². The molecule has 0 aliphatic heterocycles. The van der Waals surface area contributed by atoms with E-state index in [1.54, 1.807) is 18.2 Å². The quantitative estimate of drug-likeness (QED) is 0.813. The lowest BCUT2D eigenvalue weighted by molar-refractivity contribution is -0.137. The smallest absolute Gasteiger partial charge is 0.303 e. The van der Waals surface area contributed by atoms with Crippen molar-refractivity contribution in [2.24, 2.45) is 0 Å². The van der Waals surface area contributed by atoms with E-state index in [1.165, 1.54) is 7.11 Å². The highest BCUT2D eigenvalue weighted by Crippen LogP contribution is 2.27. The van der Waals surface area contributed by atoms with Gasteiger partial charge in [0.2, 0.25) is 5.91 Å². The number of carbonyl (C=O) groups is 2. The Morgan fingerprint density at radius 1 is 1.42 bits per heavy atom. The minimum absolute atomic E-state index is 0.0650. The summed E-state index contributed by atoms with van der Waals surface area (Å²) in [5.74, 6) is -0.893. The zero-order valence-electron chi connectivity index (χ0n) is 10.5. The van der Waals surface area contributed by atoms with Crippen molar-refractivity contribution in [2.75, 3.05) is 12.4 Å². The molecule has 1 aromatic carbocycles. The van der Waals surface area contributed by atoms with E-state index in [1.807, 2.05) is 6.07 Å². The van der Waals surface area contributed by atoms with Gasteiger partial charge in [-0.2, -0.15) is 5.26 Å². The summed E-state index contributed by atoms with van der Waals surface area (Å²) in [7, 11) is 1.44. The van der Waals surface area contributed by atoms with Crippen molar-refractivity contribution in [1.29, 1.82) is 5.26 Å². The van der Waals surface area contributed by atoms with Crippen LogP contribution in [0.5, 0.6) is 5.75 Å². The molecular formula is C13H14N2O4. The van der Waals surface area contributed by atoms with Crippen molar-refractivity contribution in [3.8, 4) is 11.8 Å². The zero-order chi connectivity index (χ0) is 14.3. The van der Waals surface area contributed by atoms with Crippen LogP contribution in [-0.4, -0.2) is 24.1 Å². The van der Waals surface area contributed by atoms with Gasteiger partial charge in [-0.3, -0.25) is 9.59 Å². The Balaban J connectivity index is 2.73. The molecule has 2 N–H and O–H groups in total. The number of methoxy groups -OCH3 is 1. The predicted molar refractivity (Wildman–Crippen MR) is 67.8 cm³/mol. The summed E-state index contributed by atoms with van der Waals surface area (Å²) >= 11 is 0. The molecule has 0 spiro atoms. The van der Waals surface area contributed by atoms with Gasteiger partial charge in [0.05, 0.1) is 12.7 Å². The van der Waals surface area contributed by atoms with Gasteiger partial charge in [0, 0.05) is 12.8 Å². The van der Waals surface area contributed by atoms with Crippen LogP contribution >= 0.6 is 0 Å². The average molecular weight is 262 g/mol. The Morgan fingerprint density at radius 2 is 2.16 bits per heavy atom. The van der Waals surface area contributed by atoms with Crippen LogP contribution in [0, 0.1) is 11.3 Å². The maximum absolute atomic E-state index is 11.7. The Kier molecular flexibility index (Phi) is 5.35. The standard InChI is InChI=1S/C13H14N2O4/c1-19-10-5-2-4-9(8-14)13(10)15-11(16)6-3-7-12(17)18/h2,4-5H,3,6-7H2,1H3,(H,15,16)(H,17,18). The van der Waals surface area contributed by atoms with Gasteiger partial charge < -0.3 is 15.2 Å². The van der Waals surface area contributed by atoms with E-state index >= 15 is 0 Å². The predicted octanol–water partition coefficient (Wildman–Crippen LogP) is 1.76. The normalized spacial score (nSPS) is 9.47. The fourth-order valence-electron chi connectivity index (χ4n) is 1.53. The van der Waals surface area contributed by atoms with Crippen molar-refractivity contribution in [3.63, 3.8) is 0 Å². The van der Waals surface area contributed by atoms with E-state index < -0.39 is 5.97 Å². The van der Waals surface area contributed by atoms with Crippen molar-refractivity contribution in [1.82, 2.24) is 0 Å². The molecule has 0 aliphatic carbocycles. The highest BCUT2D eigenvalue weighted by atomic mass is 16.5. The number of benzene rings is 1. The van der Waals surface area contributed by atoms with Crippen LogP contribution in [0.3, 0.4) is 0 Å². The molecule has 19 heavy (non-hydrogen) atoms. The molecule has 0 atom stereocenters. The molecule has 0 bridgehead atoms. The summed E-state index contributed by atoms with van der Waals surface area (Å²) < 4.78 is 5.07. The van der Waals surface area contributed by atoms with Gasteiger partial charge in [-0.25, -0.2) is 0 Å². The number of nitrogens with one attached hydrogen (secondary N) is 1. The number of hydrogen-bond acceptors (Lipinski definition) is 4. The van der Waals surface area contributed by atoms with Gasteiger partial charge in [0.25, 0.3) is 0 Å². The van der Waals surface area contributed by atoms with Gasteiger partial charge in [-0.1, -0.05) is 6.07 Å². The maximum atomic E-state index is 11.7. The molecule has 0 aromatic heterocycles. The highest BCUT2D eigenvalue weighted by molar-refractivity contribution is 5.94. The average Bonchev–Trinajstić information content (AvgIpc) is 2.38. The third kappa shape index (κ3) is 4.32. The number of rotatable bonds is 6. The lowest BCUT2D eigenvalue weighted by atomic mass is 10.1. The van der Waals surface area contributed by atoms with Gasteiger partial charge in [0.15, 0.2) is 0 Å². The fraction of sp³-hybridized carbons (Fsp3) is 0.308. The van der Waals surface area contributed by atoms with E-state index in [2.05, 4.69) is 5.32 Å². The van der Waals surface area contributed by atoms with Crippen LogP contribution in [0.1, 0.15) is 24.8 Å². The second-order valence-electron chi connectivity index (χ2n) is 3.79. The number of carbonyl (C=O) groups excluding carboxylic acids is 1. The molecule has 1 amide bonds. The van der Waals surface area contributed by atoms with Gasteiger partial charge in [-0.05, 0) is 18.6 Å². The molecule has 6 nitrogen and oxygen atoms in total. The number of amides is 1. The van der Waals surface area contributed by atoms with Crippen LogP contribution < -0.4 is 10.1 Å². The number of para-hydroxylation sites is 1. The number of nitrogens with zero attached hydrogens (tertiary/aromatic N) is 1. The van der Waals surface area contributed by atoms with Crippen molar-refractivity contribution >= 4 is 17.6 Å². The topological polar surface area (TPSA) is 99.4 Å². The van der Waals surface area contributed by atoms with Crippen molar-refractivity contribution in [3.05, 3.63) is 23.8 Å². The Labute approximate surface area is 110 Å². The maximum Gasteiger partial charge on any atom is 0.303 e. The molecule has 0 unspecified atom stereocenters. The second kappa shape index (κ2) is 7.01. The first-order valence-electron chi connectivity index (χ1n) is 5.67. The van der Waals surface area contributed by atoms with Gasteiger partial charge in [-0.15, -0.1) is 0 Å². The summed E-state index contributed by atoms with van der Waals surface area (Å²) in [6, 6.07) is 6.81. The van der Waals surface area contributed by atoms with E-state index in [0.29, 0.717) is 17.0 Å². The molecule has 0 saturated carbocycles. The third-order valence-electron chi connectivity index (χ3n) is 2.43. The molecule has 6 heteroatoms. The summed E-state index contributed by atoms with van der Waals surface area (Å²) in [6.07, 6.45) is 0.262. The summed E-state index contributed by atoms with van der Waals surface area (Å²) in [5, 5.41) is 20.0. The van der Waals surface area contributed by atoms with Crippen molar-refractivity contribution in [2.45, 2.75) is 19.3 Å². The Hall–Kier alpha value is -2.55. The van der Waals surface area contributed by atoms with Crippen LogP contribution in [0.25, 0.3) is 0 Å². The zero-order valence-corrected chi connectivity index (χ0v) is 10.5. The number of carboxylic acid groups (broad SMARTS) is 1. The van der Waals surface area contributed by atoms with E-state index in [-0.39, 0.29) is 25.2 Å². The second-order valence-corrected chi connectivity index (χ2v) is 3.79. The SMILES string of the molecule is COc1cccc(C#N)c1NC(=O)CCCC(=O)O. The molecule has 0 aliphatic rings. The molecule has 0 saturated heterocycles. The summed E-state index contributed by atoms with van der Waals surface area (Å²) in [5.41, 5.74) is 0.610. The van der Waals surface area contributed by atoms with Gasteiger partial charge >= 0.3 is 5.97 Å². The van der Waals surface area contributed by atoms with Crippen LogP contribution in [0.4, 0.5) is 5.69 Å². The molecule has 0 fully saturated rings. The van der Waals surface area contributed by atoms with Crippen LogP contribution in [0.2, 0.25) is 0 Å². The lowest BCUT2D eigenvalue weighted by Gasteiger charge is -2.11.